The van der Waals surface area contributed by atoms with Crippen LogP contribution in [-0.2, 0) is 11.3 Å². The van der Waals surface area contributed by atoms with Crippen LogP contribution in [-0.4, -0.2) is 49.7 Å². The van der Waals surface area contributed by atoms with Crippen LogP contribution in [0.15, 0.2) is 16.4 Å². The molecule has 6 nitrogen and oxygen atoms in total. The van der Waals surface area contributed by atoms with Gasteiger partial charge in [0.2, 0.25) is 0 Å². The number of hydrogen-bond donors (Lipinski definition) is 2. The first-order chi connectivity index (χ1) is 10.7. The summed E-state index contributed by atoms with van der Waals surface area (Å²) in [6, 6.07) is 2.10. The highest BCUT2D eigenvalue weighted by molar-refractivity contribution is 7.10. The smallest absolute Gasteiger partial charge is 0.410 e. The zero-order valence-corrected chi connectivity index (χ0v) is 15.7. The number of ether oxygens (including phenoxy) is 1. The second-order valence-electron chi connectivity index (χ2n) is 6.28. The molecule has 1 aromatic heterocycles. The second-order valence-corrected chi connectivity index (χ2v) is 7.28. The zero-order chi connectivity index (χ0) is 17.5. The molecule has 1 aromatic rings. The predicted octanol–water partition coefficient (Wildman–Crippen LogP) is 2.59. The Labute approximate surface area is 142 Å². The van der Waals surface area contributed by atoms with Crippen molar-refractivity contribution in [3.05, 3.63) is 21.9 Å². The van der Waals surface area contributed by atoms with Gasteiger partial charge in [-0.3, -0.25) is 4.99 Å². The van der Waals surface area contributed by atoms with Crippen LogP contribution >= 0.6 is 11.3 Å². The molecule has 130 valence electrons. The van der Waals surface area contributed by atoms with Crippen molar-refractivity contribution in [2.24, 2.45) is 4.99 Å². The van der Waals surface area contributed by atoms with Gasteiger partial charge in [-0.2, -0.15) is 0 Å². The minimum Gasteiger partial charge on any atom is -0.444 e. The third-order valence-electron chi connectivity index (χ3n) is 3.05. The van der Waals surface area contributed by atoms with Crippen molar-refractivity contribution in [1.82, 2.24) is 15.5 Å². The predicted molar refractivity (Wildman–Crippen MR) is 96.1 cm³/mol. The fraction of sp³-hybridized carbons (Fsp3) is 0.625. The van der Waals surface area contributed by atoms with Gasteiger partial charge in [0.25, 0.3) is 0 Å². The van der Waals surface area contributed by atoms with Crippen LogP contribution in [0.4, 0.5) is 4.79 Å². The maximum Gasteiger partial charge on any atom is 0.410 e. The van der Waals surface area contributed by atoms with Crippen LogP contribution in [0.3, 0.4) is 0 Å². The van der Waals surface area contributed by atoms with Gasteiger partial charge in [0.1, 0.15) is 5.60 Å². The van der Waals surface area contributed by atoms with Crippen molar-refractivity contribution in [2.45, 2.75) is 39.8 Å². The molecule has 1 heterocycles. The van der Waals surface area contributed by atoms with E-state index in [1.54, 1.807) is 30.3 Å². The zero-order valence-electron chi connectivity index (χ0n) is 14.9. The Kier molecular flexibility index (Phi) is 7.35. The van der Waals surface area contributed by atoms with Crippen LogP contribution in [0, 0.1) is 6.92 Å². The van der Waals surface area contributed by atoms with Crippen molar-refractivity contribution in [3.8, 4) is 0 Å². The number of aryl methyl sites for hydroxylation is 1. The number of amides is 1. The summed E-state index contributed by atoms with van der Waals surface area (Å²) < 4.78 is 5.31. The number of nitrogens with zero attached hydrogens (tertiary/aromatic N) is 2. The van der Waals surface area contributed by atoms with Crippen molar-refractivity contribution >= 4 is 23.4 Å². The number of nitrogens with one attached hydrogen (secondary N) is 2. The molecule has 0 radical (unpaired) electrons. The van der Waals surface area contributed by atoms with E-state index in [0.29, 0.717) is 13.1 Å². The molecule has 0 fully saturated rings. The summed E-state index contributed by atoms with van der Waals surface area (Å²) in [7, 11) is 3.45. The topological polar surface area (TPSA) is 66.0 Å². The summed E-state index contributed by atoms with van der Waals surface area (Å²) in [5, 5.41) is 8.54. The van der Waals surface area contributed by atoms with E-state index in [1.165, 1.54) is 10.4 Å². The van der Waals surface area contributed by atoms with E-state index in [2.05, 4.69) is 34.0 Å². The van der Waals surface area contributed by atoms with Gasteiger partial charge in [0.05, 0.1) is 6.54 Å². The molecule has 0 aromatic carbocycles. The van der Waals surface area contributed by atoms with Crippen LogP contribution in [0.25, 0.3) is 0 Å². The lowest BCUT2D eigenvalue weighted by Gasteiger charge is -2.24. The van der Waals surface area contributed by atoms with Gasteiger partial charge in [-0.1, -0.05) is 0 Å². The number of thiophene rings is 1. The van der Waals surface area contributed by atoms with E-state index in [9.17, 15) is 4.79 Å². The molecule has 0 aliphatic rings. The first kappa shape index (κ1) is 19.3. The van der Waals surface area contributed by atoms with Crippen LogP contribution < -0.4 is 10.6 Å². The maximum atomic E-state index is 11.9. The number of guanidine groups is 1. The molecule has 0 aliphatic carbocycles. The quantitative estimate of drug-likeness (QED) is 0.639. The van der Waals surface area contributed by atoms with Crippen molar-refractivity contribution in [2.75, 3.05) is 27.2 Å². The van der Waals surface area contributed by atoms with Gasteiger partial charge in [0.15, 0.2) is 5.96 Å². The molecule has 0 saturated heterocycles. The Morgan fingerprint density at radius 3 is 2.61 bits per heavy atom. The number of carbonyl (C=O) groups excluding carboxylic acids is 1. The highest BCUT2D eigenvalue weighted by Gasteiger charge is 2.19. The molecule has 0 aliphatic heterocycles. The summed E-state index contributed by atoms with van der Waals surface area (Å²) >= 11 is 1.73. The number of likely N-dealkylation sites (N-methyl/N-ethyl adjacent to an activating group) is 1. The van der Waals surface area contributed by atoms with Crippen LogP contribution in [0.1, 0.15) is 31.2 Å². The number of rotatable bonds is 5. The van der Waals surface area contributed by atoms with E-state index in [0.717, 1.165) is 12.5 Å². The molecule has 0 bridgehead atoms. The summed E-state index contributed by atoms with van der Waals surface area (Å²) in [4.78, 5) is 18.9. The third kappa shape index (κ3) is 7.36. The SMILES string of the molecule is CN=C(NCCN(C)C(=O)OC(C)(C)C)NCc1sccc1C. The number of hydrogen-bond acceptors (Lipinski definition) is 4. The Hall–Kier alpha value is -1.76. The van der Waals surface area contributed by atoms with Gasteiger partial charge < -0.3 is 20.3 Å². The lowest BCUT2D eigenvalue weighted by atomic mass is 10.2. The summed E-state index contributed by atoms with van der Waals surface area (Å²) in [5.41, 5.74) is 0.803. The molecule has 2 N–H and O–H groups in total. The molecule has 0 saturated carbocycles. The van der Waals surface area contributed by atoms with Crippen molar-refractivity contribution in [1.29, 1.82) is 0 Å². The van der Waals surface area contributed by atoms with E-state index >= 15 is 0 Å². The van der Waals surface area contributed by atoms with E-state index < -0.39 is 5.60 Å². The molecule has 0 unspecified atom stereocenters. The van der Waals surface area contributed by atoms with Gasteiger partial charge in [-0.15, -0.1) is 11.3 Å². The third-order valence-corrected chi connectivity index (χ3v) is 4.08. The molecule has 7 heteroatoms. The minimum atomic E-state index is -0.477. The van der Waals surface area contributed by atoms with E-state index in [4.69, 9.17) is 4.74 Å². The highest BCUT2D eigenvalue weighted by Crippen LogP contribution is 2.14. The lowest BCUT2D eigenvalue weighted by molar-refractivity contribution is 0.0302. The first-order valence-electron chi connectivity index (χ1n) is 7.64. The van der Waals surface area contributed by atoms with E-state index in [-0.39, 0.29) is 6.09 Å². The van der Waals surface area contributed by atoms with Crippen molar-refractivity contribution < 1.29 is 9.53 Å². The largest absolute Gasteiger partial charge is 0.444 e. The van der Waals surface area contributed by atoms with Crippen LogP contribution in [0.2, 0.25) is 0 Å². The summed E-state index contributed by atoms with van der Waals surface area (Å²) in [6.07, 6.45) is -0.323. The minimum absolute atomic E-state index is 0.323. The van der Waals surface area contributed by atoms with Gasteiger partial charge in [-0.05, 0) is 44.7 Å². The Morgan fingerprint density at radius 2 is 2.09 bits per heavy atom. The van der Waals surface area contributed by atoms with Gasteiger partial charge in [0, 0.05) is 32.1 Å². The Bertz CT molecular complexity index is 534. The summed E-state index contributed by atoms with van der Waals surface area (Å²) in [5.74, 6) is 0.718. The average molecular weight is 340 g/mol. The second kappa shape index (κ2) is 8.76. The molecule has 0 spiro atoms. The highest BCUT2D eigenvalue weighted by atomic mass is 32.1. The Morgan fingerprint density at radius 1 is 1.39 bits per heavy atom. The standard InChI is InChI=1S/C16H28N4O2S/c1-12-7-10-23-13(12)11-19-14(17-5)18-8-9-20(6)15(21)22-16(2,3)4/h7,10H,8-9,11H2,1-6H3,(H2,17,18,19). The van der Waals surface area contributed by atoms with Gasteiger partial charge in [-0.25, -0.2) is 4.79 Å². The van der Waals surface area contributed by atoms with E-state index in [1.807, 2.05) is 20.8 Å². The molecule has 1 amide bonds. The molecule has 0 atom stereocenters. The van der Waals surface area contributed by atoms with Crippen LogP contribution in [0.5, 0.6) is 0 Å². The fourth-order valence-corrected chi connectivity index (χ4v) is 2.59. The molecular weight excluding hydrogens is 312 g/mol. The number of aliphatic imine (C=N–C) groups is 1. The molecule has 1 rings (SSSR count). The average Bonchev–Trinajstić information content (AvgIpc) is 2.86. The first-order valence-corrected chi connectivity index (χ1v) is 8.52. The van der Waals surface area contributed by atoms with Crippen molar-refractivity contribution in [3.63, 3.8) is 0 Å². The normalized spacial score (nSPS) is 12.0. The maximum absolute atomic E-state index is 11.9. The molecule has 23 heavy (non-hydrogen) atoms. The lowest BCUT2D eigenvalue weighted by Crippen LogP contribution is -2.42. The molecular formula is C16H28N4O2S. The monoisotopic (exact) mass is 340 g/mol. The Balaban J connectivity index is 2.32. The number of carbonyl (C=O) groups is 1. The summed E-state index contributed by atoms with van der Waals surface area (Å²) in [6.45, 7) is 9.54. The fourth-order valence-electron chi connectivity index (χ4n) is 1.74. The van der Waals surface area contributed by atoms with Gasteiger partial charge >= 0.3 is 6.09 Å².